The number of likely N-dealkylation sites (tertiary alicyclic amines) is 1. The molecule has 48 heavy (non-hydrogen) atoms. The van der Waals surface area contributed by atoms with Crippen LogP contribution < -0.4 is 5.32 Å². The first-order valence-corrected chi connectivity index (χ1v) is 15.2. The summed E-state index contributed by atoms with van der Waals surface area (Å²) in [6, 6.07) is 14.7. The fourth-order valence-electron chi connectivity index (χ4n) is 5.87. The number of carbonyl (C=O) groups is 2. The van der Waals surface area contributed by atoms with E-state index >= 15 is 4.39 Å². The Labute approximate surface area is 275 Å². The molecule has 6 rings (SSSR count). The van der Waals surface area contributed by atoms with Gasteiger partial charge < -0.3 is 19.9 Å². The van der Waals surface area contributed by atoms with Crippen LogP contribution in [-0.2, 0) is 22.3 Å². The van der Waals surface area contributed by atoms with E-state index in [-0.39, 0.29) is 30.8 Å². The van der Waals surface area contributed by atoms with Crippen LogP contribution in [0.5, 0.6) is 0 Å². The third-order valence-corrected chi connectivity index (χ3v) is 8.53. The summed E-state index contributed by atoms with van der Waals surface area (Å²) in [5, 5.41) is 13.8. The van der Waals surface area contributed by atoms with E-state index in [1.807, 2.05) is 0 Å². The van der Waals surface area contributed by atoms with Gasteiger partial charge in [0.15, 0.2) is 5.82 Å². The van der Waals surface area contributed by atoms with E-state index in [2.05, 4.69) is 15.3 Å². The minimum absolute atomic E-state index is 0.153. The zero-order valence-electron chi connectivity index (χ0n) is 25.2. The highest BCUT2D eigenvalue weighted by molar-refractivity contribution is 6.33. The quantitative estimate of drug-likeness (QED) is 0.177. The summed E-state index contributed by atoms with van der Waals surface area (Å²) < 4.78 is 70.6. The van der Waals surface area contributed by atoms with Crippen molar-refractivity contribution >= 4 is 40.0 Å². The molecule has 0 aliphatic carbocycles. The number of carbonyl (C=O) groups excluding carboxylic acids is 2. The molecule has 8 nitrogen and oxygen atoms in total. The Morgan fingerprint density at radius 2 is 1.75 bits per heavy atom. The Balaban J connectivity index is 1.24. The van der Waals surface area contributed by atoms with Crippen LogP contribution >= 0.6 is 11.6 Å². The average molecular weight is 684 g/mol. The summed E-state index contributed by atoms with van der Waals surface area (Å²) in [5.41, 5.74) is 2.14. The average Bonchev–Trinajstić information content (AvgIpc) is 3.62. The number of hydrogen-bond acceptors (Lipinski definition) is 5. The molecule has 3 aromatic carbocycles. The van der Waals surface area contributed by atoms with Gasteiger partial charge in [0.05, 0.1) is 18.3 Å². The van der Waals surface area contributed by atoms with E-state index in [0.717, 1.165) is 17.3 Å². The molecule has 1 aliphatic rings. The van der Waals surface area contributed by atoms with Crippen molar-refractivity contribution in [3.63, 3.8) is 0 Å². The van der Waals surface area contributed by atoms with Gasteiger partial charge in [-0.25, -0.2) is 18.7 Å². The van der Waals surface area contributed by atoms with Crippen LogP contribution in [0.3, 0.4) is 0 Å². The summed E-state index contributed by atoms with van der Waals surface area (Å²) in [5.74, 6) is -3.36. The summed E-state index contributed by atoms with van der Waals surface area (Å²) in [7, 11) is 0. The molecule has 0 radical (unpaired) electrons. The number of anilines is 1. The minimum atomic E-state index is -4.69. The van der Waals surface area contributed by atoms with Crippen LogP contribution in [0, 0.1) is 5.82 Å². The highest BCUT2D eigenvalue weighted by Gasteiger charge is 2.40. The number of alkyl halides is 4. The molecular formula is C34H27ClF5N5O3. The Bertz CT molecular complexity index is 2020. The minimum Gasteiger partial charge on any atom is -0.389 e. The first-order valence-electron chi connectivity index (χ1n) is 14.8. The lowest BCUT2D eigenvalue weighted by molar-refractivity contribution is -0.145. The molecule has 0 saturated carbocycles. The van der Waals surface area contributed by atoms with E-state index in [4.69, 9.17) is 11.6 Å². The van der Waals surface area contributed by atoms with Crippen molar-refractivity contribution in [2.24, 2.45) is 0 Å². The molecule has 1 unspecified atom stereocenters. The lowest BCUT2D eigenvalue weighted by Gasteiger charge is -2.24. The Morgan fingerprint density at radius 3 is 2.44 bits per heavy atom. The second kappa shape index (κ2) is 13.0. The van der Waals surface area contributed by atoms with Crippen molar-refractivity contribution in [3.05, 3.63) is 101 Å². The maximum Gasteiger partial charge on any atom is 0.451 e. The molecule has 3 heterocycles. The Kier molecular flexibility index (Phi) is 8.92. The summed E-state index contributed by atoms with van der Waals surface area (Å²) in [4.78, 5) is 34.9. The molecule has 1 saturated heterocycles. The number of aromatic nitrogens is 3. The number of nitrogens with zero attached hydrogens (tertiary/aromatic N) is 4. The molecule has 1 aliphatic heterocycles. The Hall–Kier alpha value is -4.88. The number of benzene rings is 3. The Morgan fingerprint density at radius 1 is 1.04 bits per heavy atom. The molecule has 2 N–H and O–H groups in total. The fourth-order valence-corrected chi connectivity index (χ4v) is 6.11. The second-order valence-electron chi connectivity index (χ2n) is 11.4. The molecular weight excluding hydrogens is 657 g/mol. The lowest BCUT2D eigenvalue weighted by Crippen LogP contribution is -2.44. The van der Waals surface area contributed by atoms with Crippen LogP contribution in [-0.4, -0.2) is 55.1 Å². The zero-order valence-corrected chi connectivity index (χ0v) is 25.9. The van der Waals surface area contributed by atoms with Gasteiger partial charge >= 0.3 is 6.18 Å². The van der Waals surface area contributed by atoms with Crippen molar-refractivity contribution in [3.8, 4) is 22.3 Å². The fraction of sp³-hybridized carbons (Fsp3) is 0.235. The molecule has 0 bridgehead atoms. The molecule has 5 aromatic rings. The summed E-state index contributed by atoms with van der Waals surface area (Å²) in [6.07, 6.45) is -3.82. The van der Waals surface area contributed by atoms with Crippen molar-refractivity contribution in [2.75, 3.05) is 11.9 Å². The van der Waals surface area contributed by atoms with Crippen LogP contribution in [0.15, 0.2) is 79.3 Å². The van der Waals surface area contributed by atoms with E-state index in [1.165, 1.54) is 19.1 Å². The van der Waals surface area contributed by atoms with Gasteiger partial charge in [-0.2, -0.15) is 13.2 Å². The molecule has 1 fully saturated rings. The smallest absolute Gasteiger partial charge is 0.389 e. The number of halogens is 6. The largest absolute Gasteiger partial charge is 0.451 e. The predicted molar refractivity (Wildman–Crippen MR) is 169 cm³/mol. The van der Waals surface area contributed by atoms with Gasteiger partial charge in [-0.1, -0.05) is 48.0 Å². The second-order valence-corrected chi connectivity index (χ2v) is 11.9. The number of rotatable bonds is 7. The number of nitrogens with one attached hydrogen (secondary N) is 1. The van der Waals surface area contributed by atoms with Gasteiger partial charge in [-0.15, -0.1) is 0 Å². The summed E-state index contributed by atoms with van der Waals surface area (Å²) >= 11 is 6.24. The first kappa shape index (κ1) is 33.0. The van der Waals surface area contributed by atoms with E-state index in [1.54, 1.807) is 59.3 Å². The van der Waals surface area contributed by atoms with Gasteiger partial charge in [-0.05, 0) is 36.8 Å². The number of amides is 2. The number of aliphatic hydroxyl groups excluding tert-OH is 1. The van der Waals surface area contributed by atoms with E-state index < -0.39 is 47.9 Å². The standard InChI is InChI=1S/C34H27ClF5N5O3/c1-18(46)25-16-44(28-10-9-19(11-24(25)28)20-13-41-33(42-14-20)34(38,39)40)17-30(47)45-15-21(36)12-29(45)32(48)43-27-8-4-6-23(31(27)37)22-5-2-3-7-26(22)35/h2-11,13-14,16,18,21,29,46H,12,15,17H2,1H3,(H,43,48)/t18?,21-,29+/m1/s1. The van der Waals surface area contributed by atoms with Gasteiger partial charge in [0.1, 0.15) is 18.8 Å². The van der Waals surface area contributed by atoms with Gasteiger partial charge in [0, 0.05) is 63.2 Å². The molecule has 3 atom stereocenters. The van der Waals surface area contributed by atoms with Crippen LogP contribution in [0.1, 0.15) is 30.8 Å². The molecule has 2 amide bonds. The molecule has 14 heteroatoms. The number of fused-ring (bicyclic) bond motifs is 1. The van der Waals surface area contributed by atoms with Crippen LogP contribution in [0.4, 0.5) is 27.6 Å². The van der Waals surface area contributed by atoms with Crippen LogP contribution in [0.25, 0.3) is 33.2 Å². The third-order valence-electron chi connectivity index (χ3n) is 8.20. The van der Waals surface area contributed by atoms with Crippen molar-refractivity contribution < 1.29 is 36.6 Å². The molecule has 0 spiro atoms. The number of aliphatic hydroxyl groups is 1. The highest BCUT2D eigenvalue weighted by atomic mass is 35.5. The normalized spacial score (nSPS) is 17.1. The van der Waals surface area contributed by atoms with Crippen molar-refractivity contribution in [1.82, 2.24) is 19.4 Å². The molecule has 2 aromatic heterocycles. The monoisotopic (exact) mass is 683 g/mol. The van der Waals surface area contributed by atoms with Gasteiger partial charge in [0.25, 0.3) is 0 Å². The summed E-state index contributed by atoms with van der Waals surface area (Å²) in [6.45, 7) is 0.849. The van der Waals surface area contributed by atoms with E-state index in [0.29, 0.717) is 38.2 Å². The maximum absolute atomic E-state index is 15.5. The van der Waals surface area contributed by atoms with Crippen molar-refractivity contribution in [2.45, 2.75) is 44.4 Å². The SMILES string of the molecule is CC(O)c1cn(CC(=O)N2C[C@H](F)C[C@H]2C(=O)Nc2cccc(-c3ccccc3Cl)c2F)c2ccc(-c3cnc(C(F)(F)F)nc3)cc12. The topological polar surface area (TPSA) is 100 Å². The molecule has 248 valence electrons. The third kappa shape index (κ3) is 6.47. The zero-order chi connectivity index (χ0) is 34.3. The highest BCUT2D eigenvalue weighted by Crippen LogP contribution is 2.35. The van der Waals surface area contributed by atoms with Crippen LogP contribution in [0.2, 0.25) is 5.02 Å². The van der Waals surface area contributed by atoms with Gasteiger partial charge in [-0.3, -0.25) is 9.59 Å². The lowest BCUT2D eigenvalue weighted by atomic mass is 10.0. The number of hydrogen-bond donors (Lipinski definition) is 2. The van der Waals surface area contributed by atoms with Crippen molar-refractivity contribution in [1.29, 1.82) is 0 Å². The van der Waals surface area contributed by atoms with Gasteiger partial charge in [0.2, 0.25) is 17.6 Å². The van der Waals surface area contributed by atoms with E-state index in [9.17, 15) is 32.3 Å². The maximum atomic E-state index is 15.5. The predicted octanol–water partition coefficient (Wildman–Crippen LogP) is 7.21. The first-order chi connectivity index (χ1) is 22.8.